The fourth-order valence-electron chi connectivity index (χ4n) is 0.723. The zero-order chi connectivity index (χ0) is 11.1. The predicted octanol–water partition coefficient (Wildman–Crippen LogP) is -1.53. The standard InChI is InChI=1S/C8H17N3O3/c1-5(10)7(12)14-8(13)6(11)3-2-4-9/h5-6H,2-4,9-11H2,1H3/t5-,6-/m0/s1. The Bertz CT molecular complexity index is 206. The summed E-state index contributed by atoms with van der Waals surface area (Å²) >= 11 is 0. The lowest BCUT2D eigenvalue weighted by Crippen LogP contribution is -2.38. The highest BCUT2D eigenvalue weighted by atomic mass is 16.6. The smallest absolute Gasteiger partial charge is 0.330 e. The van der Waals surface area contributed by atoms with E-state index in [1.54, 1.807) is 0 Å². The summed E-state index contributed by atoms with van der Waals surface area (Å²) in [6.07, 6.45) is 1.02. The van der Waals surface area contributed by atoms with Crippen LogP contribution in [0, 0.1) is 0 Å². The predicted molar refractivity (Wildman–Crippen MR) is 51.0 cm³/mol. The first-order valence-electron chi connectivity index (χ1n) is 4.45. The number of hydrogen-bond acceptors (Lipinski definition) is 6. The van der Waals surface area contributed by atoms with Crippen LogP contribution >= 0.6 is 0 Å². The third-order valence-electron chi connectivity index (χ3n) is 1.59. The molecule has 0 aliphatic heterocycles. The second kappa shape index (κ2) is 6.47. The van der Waals surface area contributed by atoms with Crippen LogP contribution in [-0.2, 0) is 14.3 Å². The minimum atomic E-state index is -0.819. The van der Waals surface area contributed by atoms with Gasteiger partial charge in [0.05, 0.1) is 0 Å². The monoisotopic (exact) mass is 203 g/mol. The maximum atomic E-state index is 11.1. The van der Waals surface area contributed by atoms with Gasteiger partial charge < -0.3 is 21.9 Å². The zero-order valence-corrected chi connectivity index (χ0v) is 8.23. The van der Waals surface area contributed by atoms with Crippen molar-refractivity contribution >= 4 is 11.9 Å². The molecule has 0 fully saturated rings. The molecule has 14 heavy (non-hydrogen) atoms. The van der Waals surface area contributed by atoms with E-state index >= 15 is 0 Å². The quantitative estimate of drug-likeness (QED) is 0.368. The number of nitrogens with two attached hydrogens (primary N) is 3. The van der Waals surface area contributed by atoms with Crippen LogP contribution in [0.2, 0.25) is 0 Å². The molecule has 0 heterocycles. The summed E-state index contributed by atoms with van der Waals surface area (Å²) in [6, 6.07) is -1.62. The van der Waals surface area contributed by atoms with Crippen molar-refractivity contribution in [3.63, 3.8) is 0 Å². The lowest BCUT2D eigenvalue weighted by molar-refractivity contribution is -0.161. The average molecular weight is 203 g/mol. The number of esters is 2. The van der Waals surface area contributed by atoms with Crippen molar-refractivity contribution in [3.05, 3.63) is 0 Å². The maximum absolute atomic E-state index is 11.1. The molecular weight excluding hydrogens is 186 g/mol. The van der Waals surface area contributed by atoms with Crippen molar-refractivity contribution in [2.45, 2.75) is 31.8 Å². The Labute approximate surface area is 82.8 Å². The molecule has 0 aromatic heterocycles. The highest BCUT2D eigenvalue weighted by Crippen LogP contribution is 1.97. The first-order valence-corrected chi connectivity index (χ1v) is 4.45. The van der Waals surface area contributed by atoms with E-state index < -0.39 is 24.0 Å². The van der Waals surface area contributed by atoms with E-state index in [9.17, 15) is 9.59 Å². The molecule has 0 rings (SSSR count). The molecule has 0 aliphatic rings. The van der Waals surface area contributed by atoms with Crippen molar-refractivity contribution in [2.75, 3.05) is 6.54 Å². The van der Waals surface area contributed by atoms with Crippen molar-refractivity contribution in [1.29, 1.82) is 0 Å². The Morgan fingerprint density at radius 3 is 2.29 bits per heavy atom. The zero-order valence-electron chi connectivity index (χ0n) is 8.23. The van der Waals surface area contributed by atoms with Gasteiger partial charge in [-0.1, -0.05) is 0 Å². The van der Waals surface area contributed by atoms with E-state index in [1.807, 2.05) is 0 Å². The Hall–Kier alpha value is -0.980. The molecule has 0 aromatic carbocycles. The Balaban J connectivity index is 3.89. The second-order valence-electron chi connectivity index (χ2n) is 3.07. The number of ether oxygens (including phenoxy) is 1. The molecule has 6 heteroatoms. The van der Waals surface area contributed by atoms with Crippen LogP contribution < -0.4 is 17.2 Å². The van der Waals surface area contributed by atoms with Gasteiger partial charge in [0.2, 0.25) is 0 Å². The third kappa shape index (κ3) is 4.90. The summed E-state index contributed by atoms with van der Waals surface area (Å²) < 4.78 is 4.40. The average Bonchev–Trinajstić information content (AvgIpc) is 2.13. The van der Waals surface area contributed by atoms with Gasteiger partial charge in [0, 0.05) is 0 Å². The van der Waals surface area contributed by atoms with E-state index in [2.05, 4.69) is 4.74 Å². The first kappa shape index (κ1) is 13.0. The van der Waals surface area contributed by atoms with Gasteiger partial charge in [0.1, 0.15) is 12.1 Å². The van der Waals surface area contributed by atoms with Crippen LogP contribution in [0.4, 0.5) is 0 Å². The Morgan fingerprint density at radius 1 is 1.29 bits per heavy atom. The SMILES string of the molecule is C[C@H](N)C(=O)OC(=O)[C@@H](N)CCCN. The van der Waals surface area contributed by atoms with Gasteiger partial charge in [0.15, 0.2) is 0 Å². The van der Waals surface area contributed by atoms with Gasteiger partial charge in [-0.05, 0) is 26.3 Å². The third-order valence-corrected chi connectivity index (χ3v) is 1.59. The molecule has 0 bridgehead atoms. The number of carbonyl (C=O) groups is 2. The number of rotatable bonds is 5. The molecular formula is C8H17N3O3. The molecule has 0 amide bonds. The molecule has 2 atom stereocenters. The molecule has 82 valence electrons. The minimum Gasteiger partial charge on any atom is -0.391 e. The minimum absolute atomic E-state index is 0.404. The number of carbonyl (C=O) groups excluding carboxylic acids is 2. The van der Waals surface area contributed by atoms with Crippen LogP contribution in [0.5, 0.6) is 0 Å². The van der Waals surface area contributed by atoms with Crippen molar-refractivity contribution in [2.24, 2.45) is 17.2 Å². The molecule has 0 aromatic rings. The van der Waals surface area contributed by atoms with Crippen LogP contribution in [0.3, 0.4) is 0 Å². The van der Waals surface area contributed by atoms with Gasteiger partial charge in [-0.3, -0.25) is 0 Å². The largest absolute Gasteiger partial charge is 0.391 e. The lowest BCUT2D eigenvalue weighted by atomic mass is 10.2. The van der Waals surface area contributed by atoms with Crippen molar-refractivity contribution in [1.82, 2.24) is 0 Å². The first-order chi connectivity index (χ1) is 6.49. The fourth-order valence-corrected chi connectivity index (χ4v) is 0.723. The summed E-state index contributed by atoms with van der Waals surface area (Å²) in [6.45, 7) is 1.88. The Morgan fingerprint density at radius 2 is 1.86 bits per heavy atom. The Kier molecular flexibility index (Phi) is 6.02. The summed E-state index contributed by atoms with van der Waals surface area (Å²) in [5, 5.41) is 0. The topological polar surface area (TPSA) is 121 Å². The molecule has 6 nitrogen and oxygen atoms in total. The van der Waals surface area contributed by atoms with Crippen molar-refractivity contribution < 1.29 is 14.3 Å². The molecule has 6 N–H and O–H groups in total. The lowest BCUT2D eigenvalue weighted by Gasteiger charge is -2.10. The summed E-state index contributed by atoms with van der Waals surface area (Å²) in [5.41, 5.74) is 15.9. The van der Waals surface area contributed by atoms with E-state index in [0.29, 0.717) is 19.4 Å². The molecule has 0 unspecified atom stereocenters. The van der Waals surface area contributed by atoms with E-state index in [1.165, 1.54) is 6.92 Å². The van der Waals surface area contributed by atoms with Crippen LogP contribution in [0.1, 0.15) is 19.8 Å². The maximum Gasteiger partial charge on any atom is 0.330 e. The van der Waals surface area contributed by atoms with Gasteiger partial charge in [-0.2, -0.15) is 0 Å². The molecule has 0 saturated heterocycles. The van der Waals surface area contributed by atoms with Crippen LogP contribution in [-0.4, -0.2) is 30.6 Å². The van der Waals surface area contributed by atoms with Gasteiger partial charge in [0.25, 0.3) is 0 Å². The highest BCUT2D eigenvalue weighted by Gasteiger charge is 2.20. The van der Waals surface area contributed by atoms with Crippen molar-refractivity contribution in [3.8, 4) is 0 Å². The van der Waals surface area contributed by atoms with E-state index in [0.717, 1.165) is 0 Å². The summed E-state index contributed by atoms with van der Waals surface area (Å²) in [7, 11) is 0. The fraction of sp³-hybridized carbons (Fsp3) is 0.750. The van der Waals surface area contributed by atoms with E-state index in [-0.39, 0.29) is 0 Å². The van der Waals surface area contributed by atoms with Crippen LogP contribution in [0.15, 0.2) is 0 Å². The van der Waals surface area contributed by atoms with E-state index in [4.69, 9.17) is 17.2 Å². The summed E-state index contributed by atoms with van der Waals surface area (Å²) in [5.74, 6) is -1.51. The molecule has 0 saturated carbocycles. The van der Waals surface area contributed by atoms with Crippen LogP contribution in [0.25, 0.3) is 0 Å². The molecule has 0 aliphatic carbocycles. The molecule has 0 spiro atoms. The summed E-state index contributed by atoms with van der Waals surface area (Å²) in [4.78, 5) is 22.0. The highest BCUT2D eigenvalue weighted by molar-refractivity contribution is 5.90. The molecule has 0 radical (unpaired) electrons. The van der Waals surface area contributed by atoms with Gasteiger partial charge in [-0.15, -0.1) is 0 Å². The number of hydrogen-bond donors (Lipinski definition) is 3. The van der Waals surface area contributed by atoms with Gasteiger partial charge in [-0.25, -0.2) is 9.59 Å². The normalized spacial score (nSPS) is 14.6. The van der Waals surface area contributed by atoms with Gasteiger partial charge >= 0.3 is 11.9 Å². The second-order valence-corrected chi connectivity index (χ2v) is 3.07.